The molecule has 0 spiro atoms. The first-order valence-electron chi connectivity index (χ1n) is 8.82. The molecule has 1 fully saturated rings. The molecule has 2 heterocycles. The fraction of sp³-hybridized carbons (Fsp3) is 0.706. The van der Waals surface area contributed by atoms with Crippen molar-refractivity contribution in [1.29, 1.82) is 0 Å². The van der Waals surface area contributed by atoms with E-state index < -0.39 is 0 Å². The lowest BCUT2D eigenvalue weighted by molar-refractivity contribution is -0.117. The number of rotatable bonds is 7. The Kier molecular flexibility index (Phi) is 7.26. The fourth-order valence-electron chi connectivity index (χ4n) is 2.91. The van der Waals surface area contributed by atoms with E-state index in [2.05, 4.69) is 38.9 Å². The number of amides is 1. The third kappa shape index (κ3) is 5.78. The molecule has 1 saturated heterocycles. The number of anilines is 2. The van der Waals surface area contributed by atoms with E-state index in [9.17, 15) is 4.79 Å². The number of carbonyl (C=O) groups is 1. The Hall–Kier alpha value is -1.69. The number of nitrogens with zero attached hydrogens (tertiary/aromatic N) is 4. The number of hydrogen-bond donors (Lipinski definition) is 1. The van der Waals surface area contributed by atoms with Crippen LogP contribution in [0.3, 0.4) is 0 Å². The maximum absolute atomic E-state index is 12.0. The first kappa shape index (κ1) is 17.7. The van der Waals surface area contributed by atoms with Crippen LogP contribution in [-0.2, 0) is 4.79 Å². The van der Waals surface area contributed by atoms with Crippen LogP contribution in [0.15, 0.2) is 12.4 Å². The lowest BCUT2D eigenvalue weighted by Crippen LogP contribution is -2.34. The monoisotopic (exact) mass is 319 g/mol. The summed E-state index contributed by atoms with van der Waals surface area (Å²) in [5.41, 5.74) is 1.05. The van der Waals surface area contributed by atoms with Gasteiger partial charge in [0.2, 0.25) is 11.9 Å². The normalized spacial score (nSPS) is 15.5. The van der Waals surface area contributed by atoms with Crippen LogP contribution in [0.5, 0.6) is 0 Å². The minimum absolute atomic E-state index is 0.0529. The molecule has 1 N–H and O–H groups in total. The molecule has 1 aliphatic rings. The van der Waals surface area contributed by atoms with Gasteiger partial charge in [0.1, 0.15) is 0 Å². The van der Waals surface area contributed by atoms with Gasteiger partial charge < -0.3 is 4.90 Å². The van der Waals surface area contributed by atoms with E-state index >= 15 is 0 Å². The number of carbonyl (C=O) groups excluding carboxylic acids is 1. The lowest BCUT2D eigenvalue weighted by atomic mass is 10.2. The Balaban J connectivity index is 1.87. The number of hydrogen-bond acceptors (Lipinski definition) is 5. The van der Waals surface area contributed by atoms with Crippen molar-refractivity contribution in [1.82, 2.24) is 14.9 Å². The van der Waals surface area contributed by atoms with Crippen molar-refractivity contribution < 1.29 is 4.79 Å². The molecule has 0 aliphatic carbocycles. The van der Waals surface area contributed by atoms with E-state index in [1.165, 1.54) is 25.7 Å². The van der Waals surface area contributed by atoms with Crippen LogP contribution in [0.2, 0.25) is 0 Å². The lowest BCUT2D eigenvalue weighted by Gasteiger charge is -2.22. The maximum atomic E-state index is 12.0. The Morgan fingerprint density at radius 1 is 1.17 bits per heavy atom. The smallest absolute Gasteiger partial charge is 0.240 e. The summed E-state index contributed by atoms with van der Waals surface area (Å²) in [5.74, 6) is 0.337. The van der Waals surface area contributed by atoms with Crippen LogP contribution in [0.1, 0.15) is 46.0 Å². The van der Waals surface area contributed by atoms with E-state index in [0.29, 0.717) is 12.5 Å². The number of nitrogens with one attached hydrogen (secondary N) is 1. The summed E-state index contributed by atoms with van der Waals surface area (Å²) in [5, 5.41) is 2.79. The van der Waals surface area contributed by atoms with Crippen molar-refractivity contribution >= 4 is 17.5 Å². The Labute approximate surface area is 139 Å². The van der Waals surface area contributed by atoms with E-state index in [-0.39, 0.29) is 5.91 Å². The topological polar surface area (TPSA) is 61.4 Å². The molecule has 1 aromatic heterocycles. The molecule has 23 heavy (non-hydrogen) atoms. The van der Waals surface area contributed by atoms with Crippen LogP contribution in [0.4, 0.5) is 11.6 Å². The predicted octanol–water partition coefficient (Wildman–Crippen LogP) is 2.53. The molecule has 6 heteroatoms. The average Bonchev–Trinajstić information content (AvgIpc) is 2.84. The van der Waals surface area contributed by atoms with Crippen molar-refractivity contribution in [3.8, 4) is 0 Å². The van der Waals surface area contributed by atoms with Crippen molar-refractivity contribution in [2.45, 2.75) is 46.0 Å². The predicted molar refractivity (Wildman–Crippen MR) is 93.7 cm³/mol. The van der Waals surface area contributed by atoms with Gasteiger partial charge in [-0.15, -0.1) is 0 Å². The zero-order chi connectivity index (χ0) is 16.5. The first-order valence-corrected chi connectivity index (χ1v) is 8.82. The molecule has 0 atom stereocenters. The minimum Gasteiger partial charge on any atom is -0.369 e. The van der Waals surface area contributed by atoms with Gasteiger partial charge in [-0.05, 0) is 32.4 Å². The van der Waals surface area contributed by atoms with Gasteiger partial charge in [0.05, 0.1) is 24.6 Å². The molecule has 6 nitrogen and oxygen atoms in total. The van der Waals surface area contributed by atoms with E-state index in [0.717, 1.165) is 38.3 Å². The molecule has 0 unspecified atom stereocenters. The highest BCUT2D eigenvalue weighted by molar-refractivity contribution is 5.90. The molecule has 0 saturated carbocycles. The van der Waals surface area contributed by atoms with Gasteiger partial charge in [0.15, 0.2) is 0 Å². The summed E-state index contributed by atoms with van der Waals surface area (Å²) >= 11 is 0. The van der Waals surface area contributed by atoms with Gasteiger partial charge in [-0.1, -0.05) is 26.7 Å². The van der Waals surface area contributed by atoms with Gasteiger partial charge >= 0.3 is 0 Å². The van der Waals surface area contributed by atoms with Crippen LogP contribution in [0.25, 0.3) is 0 Å². The highest BCUT2D eigenvalue weighted by Gasteiger charge is 2.12. The molecule has 0 aromatic carbocycles. The molecule has 0 radical (unpaired) electrons. The highest BCUT2D eigenvalue weighted by Crippen LogP contribution is 2.18. The van der Waals surface area contributed by atoms with Crippen molar-refractivity contribution in [2.24, 2.45) is 0 Å². The second-order valence-electron chi connectivity index (χ2n) is 6.08. The van der Waals surface area contributed by atoms with Gasteiger partial charge in [0, 0.05) is 13.1 Å². The highest BCUT2D eigenvalue weighted by atomic mass is 16.2. The van der Waals surface area contributed by atoms with Gasteiger partial charge in [-0.3, -0.25) is 15.0 Å². The second-order valence-corrected chi connectivity index (χ2v) is 6.08. The molecule has 1 aliphatic heterocycles. The zero-order valence-corrected chi connectivity index (χ0v) is 14.4. The van der Waals surface area contributed by atoms with Gasteiger partial charge in [-0.2, -0.15) is 0 Å². The fourth-order valence-corrected chi connectivity index (χ4v) is 2.91. The van der Waals surface area contributed by atoms with Gasteiger partial charge in [-0.25, -0.2) is 9.97 Å². The maximum Gasteiger partial charge on any atom is 0.240 e. The molecular weight excluding hydrogens is 290 g/mol. The third-order valence-electron chi connectivity index (χ3n) is 4.21. The van der Waals surface area contributed by atoms with Crippen molar-refractivity contribution in [3.05, 3.63) is 12.4 Å². The molecular formula is C17H29N5O. The van der Waals surface area contributed by atoms with Crippen molar-refractivity contribution in [3.63, 3.8) is 0 Å². The van der Waals surface area contributed by atoms with Gasteiger partial charge in [0.25, 0.3) is 0 Å². The summed E-state index contributed by atoms with van der Waals surface area (Å²) in [7, 11) is 0. The van der Waals surface area contributed by atoms with Crippen LogP contribution in [0, 0.1) is 0 Å². The SMILES string of the molecule is CCCN(CC)CC(=O)Nc1ncc(N2CCCCCC2)cn1. The Bertz CT molecular complexity index is 468. The number of aromatic nitrogens is 2. The summed E-state index contributed by atoms with van der Waals surface area (Å²) in [4.78, 5) is 25.1. The zero-order valence-electron chi connectivity index (χ0n) is 14.4. The molecule has 1 amide bonds. The molecule has 1 aromatic rings. The van der Waals surface area contributed by atoms with E-state index in [4.69, 9.17) is 0 Å². The quantitative estimate of drug-likeness (QED) is 0.837. The van der Waals surface area contributed by atoms with Crippen LogP contribution < -0.4 is 10.2 Å². The summed E-state index contributed by atoms with van der Waals surface area (Å²) in [6, 6.07) is 0. The Morgan fingerprint density at radius 3 is 2.39 bits per heavy atom. The van der Waals surface area contributed by atoms with Crippen LogP contribution >= 0.6 is 0 Å². The largest absolute Gasteiger partial charge is 0.369 e. The summed E-state index contributed by atoms with van der Waals surface area (Å²) in [6.45, 7) is 8.51. The second kappa shape index (κ2) is 9.45. The van der Waals surface area contributed by atoms with Crippen molar-refractivity contribution in [2.75, 3.05) is 42.9 Å². The van der Waals surface area contributed by atoms with E-state index in [1.807, 2.05) is 12.4 Å². The standard InChI is InChI=1S/C17H29N5O/c1-3-9-21(4-2)14-16(23)20-17-18-12-15(13-19-17)22-10-7-5-6-8-11-22/h12-13H,3-11,14H2,1-2H3,(H,18,19,20,23). The minimum atomic E-state index is -0.0529. The van der Waals surface area contributed by atoms with Crippen LogP contribution in [-0.4, -0.2) is 53.5 Å². The molecule has 128 valence electrons. The molecule has 2 rings (SSSR count). The molecule has 0 bridgehead atoms. The average molecular weight is 319 g/mol. The summed E-state index contributed by atoms with van der Waals surface area (Å²) < 4.78 is 0. The van der Waals surface area contributed by atoms with E-state index in [1.54, 1.807) is 0 Å². The first-order chi connectivity index (χ1) is 11.2. The number of likely N-dealkylation sites (N-methyl/N-ethyl adjacent to an activating group) is 1. The Morgan fingerprint density at radius 2 is 1.83 bits per heavy atom. The summed E-state index contributed by atoms with van der Waals surface area (Å²) in [6.07, 6.45) is 9.73. The third-order valence-corrected chi connectivity index (χ3v) is 4.21.